The van der Waals surface area contributed by atoms with Crippen molar-refractivity contribution in [1.82, 2.24) is 15.4 Å². The van der Waals surface area contributed by atoms with E-state index in [2.05, 4.69) is 22.4 Å². The number of hydrogen-bond donors (Lipinski definition) is 2. The Morgan fingerprint density at radius 1 is 1.37 bits per heavy atom. The van der Waals surface area contributed by atoms with E-state index < -0.39 is 29.7 Å². The number of allylic oxidation sites excluding steroid dienone is 1. The molecular weight excluding hydrogens is 401 g/mol. The van der Waals surface area contributed by atoms with E-state index in [-0.39, 0.29) is 23.5 Å². The average molecular weight is 420 g/mol. The first-order valence-corrected chi connectivity index (χ1v) is 8.93. The number of aromatic nitrogens is 1. The van der Waals surface area contributed by atoms with Crippen molar-refractivity contribution in [1.29, 1.82) is 0 Å². The van der Waals surface area contributed by atoms with E-state index in [4.69, 9.17) is 4.52 Å². The number of rotatable bonds is 5. The third kappa shape index (κ3) is 4.22. The van der Waals surface area contributed by atoms with Crippen LogP contribution in [0, 0.1) is 6.92 Å². The van der Waals surface area contributed by atoms with Crippen LogP contribution in [0.1, 0.15) is 29.9 Å². The summed E-state index contributed by atoms with van der Waals surface area (Å²) in [6.45, 7) is 6.90. The lowest BCUT2D eigenvalue weighted by Gasteiger charge is -2.35. The zero-order valence-electron chi connectivity index (χ0n) is 16.2. The van der Waals surface area contributed by atoms with Gasteiger partial charge in [-0.2, -0.15) is 13.2 Å². The number of halogens is 3. The van der Waals surface area contributed by atoms with E-state index in [1.54, 1.807) is 13.8 Å². The Morgan fingerprint density at radius 3 is 2.70 bits per heavy atom. The maximum absolute atomic E-state index is 13.2. The SMILES string of the molecule is C=CCN1C(=O)N[C@@H](c2cccc(C(F)(F)F)c2)C(C(=O)Nc2cc(C)on2)=C1C. The number of carbonyl (C=O) groups is 2. The van der Waals surface area contributed by atoms with Gasteiger partial charge in [-0.05, 0) is 31.5 Å². The Morgan fingerprint density at radius 2 is 2.10 bits per heavy atom. The number of nitrogens with zero attached hydrogens (tertiary/aromatic N) is 2. The molecule has 1 aromatic heterocycles. The molecular formula is C20H19F3N4O3. The second kappa shape index (κ2) is 8.05. The third-order valence-corrected chi connectivity index (χ3v) is 4.57. The smallest absolute Gasteiger partial charge is 0.360 e. The second-order valence-electron chi connectivity index (χ2n) is 6.68. The number of urea groups is 1. The molecule has 2 heterocycles. The molecule has 0 radical (unpaired) electrons. The first-order chi connectivity index (χ1) is 14.1. The number of aryl methyl sites for hydroxylation is 1. The summed E-state index contributed by atoms with van der Waals surface area (Å²) in [6, 6.07) is 4.34. The molecule has 2 aromatic rings. The Balaban J connectivity index is 2.07. The number of amides is 3. The molecule has 0 unspecified atom stereocenters. The van der Waals surface area contributed by atoms with E-state index in [1.807, 2.05) is 0 Å². The van der Waals surface area contributed by atoms with Gasteiger partial charge in [0.25, 0.3) is 5.91 Å². The van der Waals surface area contributed by atoms with Gasteiger partial charge < -0.3 is 15.2 Å². The van der Waals surface area contributed by atoms with E-state index >= 15 is 0 Å². The minimum absolute atomic E-state index is 0.0800. The highest BCUT2D eigenvalue weighted by molar-refractivity contribution is 6.06. The molecule has 0 saturated heterocycles. The number of benzene rings is 1. The van der Waals surface area contributed by atoms with Crippen LogP contribution >= 0.6 is 0 Å². The number of hydrogen-bond acceptors (Lipinski definition) is 4. The van der Waals surface area contributed by atoms with Crippen molar-refractivity contribution < 1.29 is 27.3 Å². The Labute approximate surface area is 170 Å². The molecule has 2 N–H and O–H groups in total. The number of anilines is 1. The lowest BCUT2D eigenvalue weighted by molar-refractivity contribution is -0.137. The van der Waals surface area contributed by atoms with E-state index in [1.165, 1.54) is 29.2 Å². The predicted octanol–water partition coefficient (Wildman–Crippen LogP) is 4.17. The van der Waals surface area contributed by atoms with Crippen molar-refractivity contribution in [3.63, 3.8) is 0 Å². The summed E-state index contributed by atoms with van der Waals surface area (Å²) in [5.74, 6) is -0.0132. The molecule has 0 fully saturated rings. The van der Waals surface area contributed by atoms with Crippen LogP contribution in [0.15, 0.2) is 58.8 Å². The molecule has 0 spiro atoms. The maximum atomic E-state index is 13.2. The van der Waals surface area contributed by atoms with Gasteiger partial charge >= 0.3 is 12.2 Å². The molecule has 0 aliphatic carbocycles. The number of alkyl halides is 3. The Kier molecular flexibility index (Phi) is 5.68. The van der Waals surface area contributed by atoms with Crippen LogP contribution in [0.25, 0.3) is 0 Å². The molecule has 1 atom stereocenters. The van der Waals surface area contributed by atoms with Crippen molar-refractivity contribution in [2.24, 2.45) is 0 Å². The fraction of sp³-hybridized carbons (Fsp3) is 0.250. The topological polar surface area (TPSA) is 87.5 Å². The van der Waals surface area contributed by atoms with E-state index in [0.717, 1.165) is 12.1 Å². The highest BCUT2D eigenvalue weighted by Gasteiger charge is 2.37. The van der Waals surface area contributed by atoms with Crippen LogP contribution in [-0.2, 0) is 11.0 Å². The lowest BCUT2D eigenvalue weighted by Crippen LogP contribution is -2.48. The molecule has 7 nitrogen and oxygen atoms in total. The fourth-order valence-corrected chi connectivity index (χ4v) is 3.18. The van der Waals surface area contributed by atoms with Crippen LogP contribution in [0.4, 0.5) is 23.8 Å². The summed E-state index contributed by atoms with van der Waals surface area (Å²) >= 11 is 0. The summed E-state index contributed by atoms with van der Waals surface area (Å²) < 4.78 is 44.5. The molecule has 1 aliphatic rings. The second-order valence-corrected chi connectivity index (χ2v) is 6.68. The first-order valence-electron chi connectivity index (χ1n) is 8.93. The first kappa shape index (κ1) is 21.2. The monoisotopic (exact) mass is 420 g/mol. The molecule has 10 heteroatoms. The molecule has 3 amide bonds. The van der Waals surface area contributed by atoms with Crippen molar-refractivity contribution in [2.75, 3.05) is 11.9 Å². The number of carbonyl (C=O) groups excluding carboxylic acids is 2. The van der Waals surface area contributed by atoms with Gasteiger partial charge in [0, 0.05) is 18.3 Å². The summed E-state index contributed by atoms with van der Waals surface area (Å²) in [7, 11) is 0. The van der Waals surface area contributed by atoms with Gasteiger partial charge in [0.05, 0.1) is 17.2 Å². The summed E-state index contributed by atoms with van der Waals surface area (Å²) in [4.78, 5) is 26.9. The largest absolute Gasteiger partial charge is 0.416 e. The molecule has 3 rings (SSSR count). The average Bonchev–Trinajstić information content (AvgIpc) is 3.08. The summed E-state index contributed by atoms with van der Waals surface area (Å²) in [5.41, 5.74) is -0.389. The molecule has 158 valence electrons. The highest BCUT2D eigenvalue weighted by atomic mass is 19.4. The van der Waals surface area contributed by atoms with Crippen LogP contribution in [0.5, 0.6) is 0 Å². The van der Waals surface area contributed by atoms with Crippen molar-refractivity contribution in [3.05, 3.63) is 71.1 Å². The van der Waals surface area contributed by atoms with Crippen LogP contribution in [0.2, 0.25) is 0 Å². The van der Waals surface area contributed by atoms with Crippen molar-refractivity contribution in [3.8, 4) is 0 Å². The predicted molar refractivity (Wildman–Crippen MR) is 102 cm³/mol. The summed E-state index contributed by atoms with van der Waals surface area (Å²) in [6.07, 6.45) is -3.09. The highest BCUT2D eigenvalue weighted by Crippen LogP contribution is 2.35. The Bertz CT molecular complexity index is 1030. The van der Waals surface area contributed by atoms with Gasteiger partial charge in [-0.25, -0.2) is 4.79 Å². The Hall–Kier alpha value is -3.56. The van der Waals surface area contributed by atoms with E-state index in [9.17, 15) is 22.8 Å². The standard InChI is InChI=1S/C20H19F3N4O3/c1-4-8-27-12(3)16(18(28)24-15-9-11(2)30-26-15)17(25-19(27)29)13-6-5-7-14(10-13)20(21,22)23/h4-7,9-10,17H,1,8H2,2-3H3,(H,25,29)(H,24,26,28)/t17-/m0/s1. The zero-order chi connectivity index (χ0) is 22.1. The minimum Gasteiger partial charge on any atom is -0.360 e. The molecule has 1 aromatic carbocycles. The summed E-state index contributed by atoms with van der Waals surface area (Å²) in [5, 5.41) is 8.86. The molecule has 1 aliphatic heterocycles. The van der Waals surface area contributed by atoms with Gasteiger partial charge in [-0.15, -0.1) is 6.58 Å². The van der Waals surface area contributed by atoms with Gasteiger partial charge in [0.2, 0.25) is 0 Å². The van der Waals surface area contributed by atoms with Crippen LogP contribution in [0.3, 0.4) is 0 Å². The van der Waals surface area contributed by atoms with Gasteiger partial charge in [-0.1, -0.05) is 23.4 Å². The zero-order valence-corrected chi connectivity index (χ0v) is 16.2. The minimum atomic E-state index is -4.57. The van der Waals surface area contributed by atoms with Gasteiger partial charge in [-0.3, -0.25) is 9.69 Å². The fourth-order valence-electron chi connectivity index (χ4n) is 3.18. The van der Waals surface area contributed by atoms with Gasteiger partial charge in [0.15, 0.2) is 5.82 Å². The number of nitrogens with one attached hydrogen (secondary N) is 2. The van der Waals surface area contributed by atoms with Crippen molar-refractivity contribution >= 4 is 17.8 Å². The molecule has 30 heavy (non-hydrogen) atoms. The van der Waals surface area contributed by atoms with Gasteiger partial charge in [0.1, 0.15) is 5.76 Å². The van der Waals surface area contributed by atoms with E-state index in [0.29, 0.717) is 11.5 Å². The quantitative estimate of drug-likeness (QED) is 0.711. The molecule has 0 saturated carbocycles. The third-order valence-electron chi connectivity index (χ3n) is 4.57. The van der Waals surface area contributed by atoms with Crippen molar-refractivity contribution in [2.45, 2.75) is 26.1 Å². The maximum Gasteiger partial charge on any atom is 0.416 e. The molecule has 0 bridgehead atoms. The van der Waals surface area contributed by atoms with Crippen LogP contribution < -0.4 is 10.6 Å². The normalized spacial score (nSPS) is 17.0. The lowest BCUT2D eigenvalue weighted by atomic mass is 9.93. The van der Waals surface area contributed by atoms with Crippen LogP contribution in [-0.4, -0.2) is 28.5 Å².